The maximum absolute atomic E-state index is 12.2. The van der Waals surface area contributed by atoms with Crippen molar-refractivity contribution in [2.45, 2.75) is 6.61 Å². The van der Waals surface area contributed by atoms with Crippen molar-refractivity contribution < 1.29 is 18.7 Å². The monoisotopic (exact) mass is 343 g/mol. The van der Waals surface area contributed by atoms with Crippen molar-refractivity contribution in [1.29, 1.82) is 0 Å². The van der Waals surface area contributed by atoms with E-state index in [2.05, 4.69) is 15.5 Å². The molecule has 0 atom stereocenters. The zero-order valence-electron chi connectivity index (χ0n) is 13.5. The number of H-pyrrole nitrogens is 1. The Bertz CT molecular complexity index is 836. The quantitative estimate of drug-likeness (QED) is 0.659. The summed E-state index contributed by atoms with van der Waals surface area (Å²) in [5.41, 5.74) is 1.74. The van der Waals surface area contributed by atoms with E-state index in [-0.39, 0.29) is 19.1 Å². The number of nitrogens with zero attached hydrogens (tertiary/aromatic N) is 1. The SMILES string of the molecule is O=C(COCc1ccccc1)Nc1n[nH]c2ccc(OCCF)cc12. The van der Waals surface area contributed by atoms with Crippen LogP contribution in [-0.4, -0.2) is 36.0 Å². The number of halogens is 1. The minimum Gasteiger partial charge on any atom is -0.491 e. The molecule has 130 valence electrons. The van der Waals surface area contributed by atoms with Gasteiger partial charge in [-0.1, -0.05) is 30.3 Å². The third-order valence-electron chi connectivity index (χ3n) is 3.48. The number of aromatic amines is 1. The fourth-order valence-corrected chi connectivity index (χ4v) is 2.34. The van der Waals surface area contributed by atoms with Crippen LogP contribution in [0, 0.1) is 0 Å². The Morgan fingerprint density at radius 2 is 2.04 bits per heavy atom. The van der Waals surface area contributed by atoms with Gasteiger partial charge in [-0.2, -0.15) is 5.10 Å². The lowest BCUT2D eigenvalue weighted by atomic mass is 10.2. The number of rotatable bonds is 8. The summed E-state index contributed by atoms with van der Waals surface area (Å²) in [4.78, 5) is 12.0. The van der Waals surface area contributed by atoms with Crippen molar-refractivity contribution in [1.82, 2.24) is 10.2 Å². The van der Waals surface area contributed by atoms with Crippen LogP contribution >= 0.6 is 0 Å². The van der Waals surface area contributed by atoms with Crippen LogP contribution in [0.25, 0.3) is 10.9 Å². The molecule has 0 saturated carbocycles. The van der Waals surface area contributed by atoms with Crippen LogP contribution in [0.15, 0.2) is 48.5 Å². The van der Waals surface area contributed by atoms with Crippen LogP contribution in [0.5, 0.6) is 5.75 Å². The molecule has 7 heteroatoms. The standard InChI is InChI=1S/C18H18FN3O3/c19-8-9-25-14-6-7-16-15(10-14)18(22-21-16)20-17(23)12-24-11-13-4-2-1-3-5-13/h1-7,10H,8-9,11-12H2,(H2,20,21,22,23). The number of carbonyl (C=O) groups excluding carboxylic acids is 1. The van der Waals surface area contributed by atoms with Gasteiger partial charge in [-0.25, -0.2) is 4.39 Å². The summed E-state index contributed by atoms with van der Waals surface area (Å²) in [6.45, 7) is -0.303. The van der Waals surface area contributed by atoms with Gasteiger partial charge < -0.3 is 14.8 Å². The molecule has 0 aliphatic heterocycles. The fraction of sp³-hybridized carbons (Fsp3) is 0.222. The normalized spacial score (nSPS) is 10.8. The summed E-state index contributed by atoms with van der Waals surface area (Å²) < 4.78 is 22.9. The van der Waals surface area contributed by atoms with Gasteiger partial charge in [-0.15, -0.1) is 0 Å². The second kappa shape index (κ2) is 8.25. The lowest BCUT2D eigenvalue weighted by Crippen LogP contribution is -2.18. The van der Waals surface area contributed by atoms with E-state index in [1.54, 1.807) is 18.2 Å². The van der Waals surface area contributed by atoms with Gasteiger partial charge in [0.25, 0.3) is 5.91 Å². The van der Waals surface area contributed by atoms with E-state index in [0.717, 1.165) is 11.1 Å². The fourth-order valence-electron chi connectivity index (χ4n) is 2.34. The Morgan fingerprint density at radius 1 is 1.20 bits per heavy atom. The van der Waals surface area contributed by atoms with Gasteiger partial charge in [0.2, 0.25) is 0 Å². The topological polar surface area (TPSA) is 76.2 Å². The van der Waals surface area contributed by atoms with E-state index in [4.69, 9.17) is 9.47 Å². The van der Waals surface area contributed by atoms with Gasteiger partial charge in [-0.3, -0.25) is 9.89 Å². The van der Waals surface area contributed by atoms with Crippen LogP contribution in [0.2, 0.25) is 0 Å². The molecule has 3 rings (SSSR count). The molecule has 6 nitrogen and oxygen atoms in total. The number of fused-ring (bicyclic) bond motifs is 1. The van der Waals surface area contributed by atoms with Gasteiger partial charge in [0.15, 0.2) is 5.82 Å². The number of alkyl halides is 1. The Hall–Kier alpha value is -2.93. The van der Waals surface area contributed by atoms with E-state index in [9.17, 15) is 9.18 Å². The van der Waals surface area contributed by atoms with Gasteiger partial charge >= 0.3 is 0 Å². The molecule has 0 radical (unpaired) electrons. The summed E-state index contributed by atoms with van der Waals surface area (Å²) in [6.07, 6.45) is 0. The lowest BCUT2D eigenvalue weighted by molar-refractivity contribution is -0.121. The Labute approximate surface area is 143 Å². The van der Waals surface area contributed by atoms with Crippen molar-refractivity contribution in [3.8, 4) is 5.75 Å². The predicted octanol–water partition coefficient (Wildman–Crippen LogP) is 3.07. The molecule has 0 aliphatic carbocycles. The van der Waals surface area contributed by atoms with E-state index in [1.807, 2.05) is 30.3 Å². The number of ether oxygens (including phenoxy) is 2. The molecule has 0 fully saturated rings. The maximum atomic E-state index is 12.2. The average Bonchev–Trinajstić information content (AvgIpc) is 3.03. The van der Waals surface area contributed by atoms with Crippen LogP contribution in [0.1, 0.15) is 5.56 Å². The molecule has 0 saturated heterocycles. The zero-order valence-corrected chi connectivity index (χ0v) is 13.5. The Balaban J connectivity index is 1.58. The molecular weight excluding hydrogens is 325 g/mol. The van der Waals surface area contributed by atoms with Crippen LogP contribution < -0.4 is 10.1 Å². The predicted molar refractivity (Wildman–Crippen MR) is 92.3 cm³/mol. The van der Waals surface area contributed by atoms with Gasteiger partial charge in [0, 0.05) is 5.39 Å². The summed E-state index contributed by atoms with van der Waals surface area (Å²) in [5, 5.41) is 10.3. The molecule has 2 N–H and O–H groups in total. The van der Waals surface area contributed by atoms with E-state index < -0.39 is 6.67 Å². The van der Waals surface area contributed by atoms with Crippen molar-refractivity contribution in [3.05, 3.63) is 54.1 Å². The van der Waals surface area contributed by atoms with Crippen LogP contribution in [0.3, 0.4) is 0 Å². The van der Waals surface area contributed by atoms with E-state index >= 15 is 0 Å². The number of carbonyl (C=O) groups is 1. The highest BCUT2D eigenvalue weighted by Crippen LogP contribution is 2.25. The third kappa shape index (κ3) is 4.54. The van der Waals surface area contributed by atoms with Gasteiger partial charge in [0.05, 0.1) is 12.1 Å². The van der Waals surface area contributed by atoms with Gasteiger partial charge in [0.1, 0.15) is 25.6 Å². The summed E-state index contributed by atoms with van der Waals surface area (Å²) >= 11 is 0. The van der Waals surface area contributed by atoms with Crippen LogP contribution in [-0.2, 0) is 16.1 Å². The highest BCUT2D eigenvalue weighted by atomic mass is 19.1. The summed E-state index contributed by atoms with van der Waals surface area (Å²) in [5.74, 6) is 0.593. The lowest BCUT2D eigenvalue weighted by Gasteiger charge is -2.06. The second-order valence-electron chi connectivity index (χ2n) is 5.34. The molecule has 0 unspecified atom stereocenters. The Kier molecular flexibility index (Phi) is 5.58. The third-order valence-corrected chi connectivity index (χ3v) is 3.48. The molecule has 1 amide bonds. The molecule has 25 heavy (non-hydrogen) atoms. The first-order valence-electron chi connectivity index (χ1n) is 7.84. The minimum atomic E-state index is -0.564. The number of anilines is 1. The number of hydrogen-bond acceptors (Lipinski definition) is 4. The largest absolute Gasteiger partial charge is 0.491 e. The maximum Gasteiger partial charge on any atom is 0.251 e. The first-order valence-corrected chi connectivity index (χ1v) is 7.84. The second-order valence-corrected chi connectivity index (χ2v) is 5.34. The molecule has 2 aromatic carbocycles. The molecule has 0 bridgehead atoms. The van der Waals surface area contributed by atoms with Gasteiger partial charge in [-0.05, 0) is 23.8 Å². The summed E-state index contributed by atoms with van der Waals surface area (Å²) in [6, 6.07) is 14.8. The number of benzene rings is 2. The smallest absolute Gasteiger partial charge is 0.251 e. The first kappa shape index (κ1) is 16.9. The minimum absolute atomic E-state index is 0.0155. The Morgan fingerprint density at radius 3 is 2.84 bits per heavy atom. The average molecular weight is 343 g/mol. The molecule has 1 heterocycles. The molecule has 0 aliphatic rings. The number of nitrogens with one attached hydrogen (secondary N) is 2. The zero-order chi connectivity index (χ0) is 17.5. The van der Waals surface area contributed by atoms with Crippen molar-refractivity contribution in [2.24, 2.45) is 0 Å². The first-order chi connectivity index (χ1) is 12.3. The van der Waals surface area contributed by atoms with Crippen molar-refractivity contribution >= 4 is 22.6 Å². The van der Waals surface area contributed by atoms with Crippen LogP contribution in [0.4, 0.5) is 10.2 Å². The van der Waals surface area contributed by atoms with Crippen molar-refractivity contribution in [3.63, 3.8) is 0 Å². The summed E-state index contributed by atoms with van der Waals surface area (Å²) in [7, 11) is 0. The molecule has 1 aromatic heterocycles. The highest BCUT2D eigenvalue weighted by Gasteiger charge is 2.11. The molecular formula is C18H18FN3O3. The van der Waals surface area contributed by atoms with Crippen molar-refractivity contribution in [2.75, 3.05) is 25.2 Å². The molecule has 3 aromatic rings. The van der Waals surface area contributed by atoms with E-state index in [1.165, 1.54) is 0 Å². The number of aromatic nitrogens is 2. The number of hydrogen-bond donors (Lipinski definition) is 2. The van der Waals surface area contributed by atoms with E-state index in [0.29, 0.717) is 23.6 Å². The number of amides is 1. The highest BCUT2D eigenvalue weighted by molar-refractivity contribution is 6.00. The molecule has 0 spiro atoms.